The highest BCUT2D eigenvalue weighted by atomic mass is 35.5. The molecule has 29 heavy (non-hydrogen) atoms. The van der Waals surface area contributed by atoms with Gasteiger partial charge in [0.2, 0.25) is 9.97 Å². The van der Waals surface area contributed by atoms with Crippen LogP contribution >= 0.6 is 22.9 Å². The van der Waals surface area contributed by atoms with Gasteiger partial charge in [-0.3, -0.25) is 0 Å². The number of fused-ring (bicyclic) bond motifs is 1. The quantitative estimate of drug-likeness (QED) is 0.320. The first-order valence-electron chi connectivity index (χ1n) is 7.90. The van der Waals surface area contributed by atoms with Crippen molar-refractivity contribution in [3.63, 3.8) is 0 Å². The van der Waals surface area contributed by atoms with E-state index in [2.05, 4.69) is 10.1 Å². The van der Waals surface area contributed by atoms with Crippen molar-refractivity contribution in [3.05, 3.63) is 51.9 Å². The Labute approximate surface area is 171 Å². The summed E-state index contributed by atoms with van der Waals surface area (Å²) in [5.41, 5.74) is 0.0755. The van der Waals surface area contributed by atoms with E-state index in [4.69, 9.17) is 25.8 Å². The van der Waals surface area contributed by atoms with Gasteiger partial charge in [0.05, 0.1) is 20.5 Å². The second-order valence-corrected chi connectivity index (χ2v) is 6.90. The number of ether oxygens (including phenoxy) is 3. The molecule has 0 radical (unpaired) electrons. The highest BCUT2D eigenvalue weighted by Gasteiger charge is 2.37. The summed E-state index contributed by atoms with van der Waals surface area (Å²) in [6, 6.07) is 6.38. The molecular formula is C17H13ClF3N3O4S. The van der Waals surface area contributed by atoms with E-state index in [1.165, 1.54) is 7.11 Å². The summed E-state index contributed by atoms with van der Waals surface area (Å²) >= 11 is 6.17. The van der Waals surface area contributed by atoms with E-state index in [1.807, 2.05) is 0 Å². The van der Waals surface area contributed by atoms with Gasteiger partial charge in [-0.15, -0.1) is 5.10 Å². The van der Waals surface area contributed by atoms with E-state index in [1.54, 1.807) is 24.3 Å². The predicted molar refractivity (Wildman–Crippen MR) is 98.7 cm³/mol. The van der Waals surface area contributed by atoms with Crippen LogP contribution in [0.2, 0.25) is 5.02 Å². The van der Waals surface area contributed by atoms with E-state index < -0.39 is 17.2 Å². The third-order valence-corrected chi connectivity index (χ3v) is 4.83. The summed E-state index contributed by atoms with van der Waals surface area (Å²) < 4.78 is 55.4. The first kappa shape index (κ1) is 20.9. The lowest BCUT2D eigenvalue weighted by Crippen LogP contribution is -2.11. The maximum Gasteiger partial charge on any atom is 0.445 e. The lowest BCUT2D eigenvalue weighted by atomic mass is 10.1. The number of methoxy groups -OCH3 is 2. The van der Waals surface area contributed by atoms with Crippen molar-refractivity contribution in [1.29, 1.82) is 0 Å². The number of imidazole rings is 1. The third-order valence-electron chi connectivity index (χ3n) is 3.62. The van der Waals surface area contributed by atoms with Crippen LogP contribution in [-0.2, 0) is 27.1 Å². The fourth-order valence-corrected chi connectivity index (χ4v) is 3.27. The van der Waals surface area contributed by atoms with E-state index in [0.29, 0.717) is 22.1 Å². The van der Waals surface area contributed by atoms with Gasteiger partial charge in [-0.05, 0) is 24.3 Å². The number of hydrogen-bond donors (Lipinski definition) is 0. The molecule has 0 spiro atoms. The Balaban J connectivity index is 2.08. The fourth-order valence-electron chi connectivity index (χ4n) is 2.36. The van der Waals surface area contributed by atoms with E-state index in [0.717, 1.165) is 17.9 Å². The van der Waals surface area contributed by atoms with Crippen LogP contribution in [0, 0.1) is 0 Å². The molecule has 12 heteroatoms. The van der Waals surface area contributed by atoms with Crippen LogP contribution in [0.4, 0.5) is 13.2 Å². The molecule has 0 unspecified atom stereocenters. The van der Waals surface area contributed by atoms with Crippen molar-refractivity contribution in [2.24, 2.45) is 0 Å². The number of aromatic nitrogens is 3. The molecule has 3 aromatic rings. The van der Waals surface area contributed by atoms with Crippen LogP contribution in [-0.4, -0.2) is 34.8 Å². The van der Waals surface area contributed by atoms with Crippen molar-refractivity contribution in [2.75, 3.05) is 14.2 Å². The SMILES string of the molecule is COC=C(C(=O)OC)c1nc2sc(C(F)(F)F)nn2c1COc1ccc(Cl)cc1. The van der Waals surface area contributed by atoms with Crippen LogP contribution in [0.25, 0.3) is 10.5 Å². The maximum absolute atomic E-state index is 13.0. The van der Waals surface area contributed by atoms with Crippen molar-refractivity contribution < 1.29 is 32.2 Å². The molecule has 0 N–H and O–H groups in total. The average Bonchev–Trinajstić information content (AvgIpc) is 3.23. The lowest BCUT2D eigenvalue weighted by molar-refractivity contribution is -0.138. The number of carbonyl (C=O) groups is 1. The van der Waals surface area contributed by atoms with Crippen LogP contribution in [0.3, 0.4) is 0 Å². The van der Waals surface area contributed by atoms with E-state index in [9.17, 15) is 18.0 Å². The minimum Gasteiger partial charge on any atom is -0.503 e. The molecule has 2 heterocycles. The molecule has 0 aliphatic carbocycles. The zero-order valence-electron chi connectivity index (χ0n) is 15.0. The minimum atomic E-state index is -4.63. The molecule has 0 aliphatic rings. The highest BCUT2D eigenvalue weighted by Crippen LogP contribution is 2.34. The zero-order valence-corrected chi connectivity index (χ0v) is 16.6. The molecule has 2 aromatic heterocycles. The topological polar surface area (TPSA) is 75.0 Å². The van der Waals surface area contributed by atoms with Gasteiger partial charge in [0, 0.05) is 5.02 Å². The first-order valence-corrected chi connectivity index (χ1v) is 9.09. The molecular weight excluding hydrogens is 435 g/mol. The Morgan fingerprint density at radius 2 is 1.97 bits per heavy atom. The molecule has 154 valence electrons. The van der Waals surface area contributed by atoms with Crippen molar-refractivity contribution in [2.45, 2.75) is 12.8 Å². The summed E-state index contributed by atoms with van der Waals surface area (Å²) in [6.07, 6.45) is -3.54. The molecule has 0 amide bonds. The number of halogens is 4. The number of nitrogens with zero attached hydrogens (tertiary/aromatic N) is 3. The molecule has 0 fully saturated rings. The first-order chi connectivity index (χ1) is 13.7. The smallest absolute Gasteiger partial charge is 0.445 e. The molecule has 7 nitrogen and oxygen atoms in total. The van der Waals surface area contributed by atoms with Crippen molar-refractivity contribution in [1.82, 2.24) is 14.6 Å². The summed E-state index contributed by atoms with van der Waals surface area (Å²) in [5.74, 6) is -0.363. The van der Waals surface area contributed by atoms with E-state index >= 15 is 0 Å². The summed E-state index contributed by atoms with van der Waals surface area (Å²) in [4.78, 5) is 16.2. The highest BCUT2D eigenvalue weighted by molar-refractivity contribution is 7.16. The van der Waals surface area contributed by atoms with Gasteiger partial charge in [0.15, 0.2) is 0 Å². The standard InChI is InChI=1S/C17H13ClF3N3O4S/c1-26-7-11(14(25)27-2)13-12(8-28-10-5-3-9(18)4-6-10)24-16(22-13)29-15(23-24)17(19,20)21/h3-7H,8H2,1-2H3. The Morgan fingerprint density at radius 1 is 1.28 bits per heavy atom. The molecule has 0 aliphatic heterocycles. The largest absolute Gasteiger partial charge is 0.503 e. The summed E-state index contributed by atoms with van der Waals surface area (Å²) in [6.45, 7) is -0.225. The number of alkyl halides is 3. The molecule has 3 rings (SSSR count). The second-order valence-electron chi connectivity index (χ2n) is 5.51. The van der Waals surface area contributed by atoms with Crippen LogP contribution in [0.15, 0.2) is 30.5 Å². The summed E-state index contributed by atoms with van der Waals surface area (Å²) in [7, 11) is 2.47. The van der Waals surface area contributed by atoms with Gasteiger partial charge < -0.3 is 14.2 Å². The van der Waals surface area contributed by atoms with E-state index in [-0.39, 0.29) is 28.5 Å². The van der Waals surface area contributed by atoms with Gasteiger partial charge in [-0.2, -0.15) is 13.2 Å². The number of hydrogen-bond acceptors (Lipinski definition) is 7. The Kier molecular flexibility index (Phi) is 5.99. The minimum absolute atomic E-state index is 0.0418. The molecule has 0 atom stereocenters. The normalized spacial score (nSPS) is 12.3. The number of rotatable bonds is 6. The van der Waals surface area contributed by atoms with Crippen LogP contribution < -0.4 is 4.74 Å². The van der Waals surface area contributed by atoms with Gasteiger partial charge in [0.1, 0.15) is 29.3 Å². The monoisotopic (exact) mass is 447 g/mol. The average molecular weight is 448 g/mol. The van der Waals surface area contributed by atoms with Crippen molar-refractivity contribution >= 4 is 39.4 Å². The van der Waals surface area contributed by atoms with Gasteiger partial charge in [-0.25, -0.2) is 14.3 Å². The van der Waals surface area contributed by atoms with Gasteiger partial charge in [0.25, 0.3) is 0 Å². The molecule has 0 bridgehead atoms. The Bertz CT molecular complexity index is 1060. The second kappa shape index (κ2) is 8.29. The Morgan fingerprint density at radius 3 is 2.55 bits per heavy atom. The maximum atomic E-state index is 13.0. The van der Waals surface area contributed by atoms with Crippen LogP contribution in [0.1, 0.15) is 16.4 Å². The lowest BCUT2D eigenvalue weighted by Gasteiger charge is -2.09. The number of esters is 1. The number of benzene rings is 1. The Hall–Kier alpha value is -2.79. The third kappa shape index (κ3) is 4.46. The molecule has 0 saturated carbocycles. The summed E-state index contributed by atoms with van der Waals surface area (Å²) in [5, 5.41) is 3.01. The number of carbonyl (C=O) groups excluding carboxylic acids is 1. The van der Waals surface area contributed by atoms with Crippen LogP contribution in [0.5, 0.6) is 5.75 Å². The van der Waals surface area contributed by atoms with Gasteiger partial charge in [-0.1, -0.05) is 22.9 Å². The molecule has 1 aromatic carbocycles. The fraction of sp³-hybridized carbons (Fsp3) is 0.235. The van der Waals surface area contributed by atoms with Crippen molar-refractivity contribution in [3.8, 4) is 5.75 Å². The molecule has 0 saturated heterocycles. The van der Waals surface area contributed by atoms with Gasteiger partial charge >= 0.3 is 12.1 Å². The predicted octanol–water partition coefficient (Wildman–Crippen LogP) is 4.20. The zero-order chi connectivity index (χ0) is 21.2.